The van der Waals surface area contributed by atoms with Crippen molar-refractivity contribution in [2.24, 2.45) is 0 Å². The molecule has 10 heteroatoms. The molecule has 0 saturated carbocycles. The lowest BCUT2D eigenvalue weighted by Gasteiger charge is -2.41. The summed E-state index contributed by atoms with van der Waals surface area (Å²) in [5.41, 5.74) is -1.84. The average Bonchev–Trinajstić information content (AvgIpc) is 3.01. The van der Waals surface area contributed by atoms with Crippen LogP contribution in [0.1, 0.15) is 32.6 Å². The Balaban J connectivity index is 1.93. The van der Waals surface area contributed by atoms with E-state index in [0.29, 0.717) is 6.42 Å². The molecule has 0 aliphatic carbocycles. The normalized spacial score (nSPS) is 41.4. The Bertz CT molecular complexity index is 505. The summed E-state index contributed by atoms with van der Waals surface area (Å²) < 4.78 is 21.8. The molecule has 0 spiro atoms. The van der Waals surface area contributed by atoms with E-state index >= 15 is 0 Å². The molecular formula is C19H34O10. The molecule has 0 aromatic carbocycles. The van der Waals surface area contributed by atoms with E-state index in [9.17, 15) is 25.5 Å². The number of aliphatic hydroxyl groups excluding tert-OH is 5. The second-order valence-corrected chi connectivity index (χ2v) is 7.64. The van der Waals surface area contributed by atoms with E-state index in [-0.39, 0.29) is 13.2 Å². The summed E-state index contributed by atoms with van der Waals surface area (Å²) in [5, 5.41) is 59.7. The fraction of sp³-hybridized carbons (Fsp3) is 0.895. The number of unbranched alkanes of at least 4 members (excludes halogenated alkanes) is 2. The van der Waals surface area contributed by atoms with Gasteiger partial charge in [-0.15, -0.1) is 6.58 Å². The summed E-state index contributed by atoms with van der Waals surface area (Å²) in [6.45, 7) is 4.44. The smallest absolute Gasteiger partial charge is 0.187 e. The molecule has 29 heavy (non-hydrogen) atoms. The zero-order chi connectivity index (χ0) is 21.6. The molecule has 2 fully saturated rings. The predicted molar refractivity (Wildman–Crippen MR) is 99.6 cm³/mol. The minimum Gasteiger partial charge on any atom is -0.393 e. The standard InChI is InChI=1S/C19H34O10/c1-3-5-6-7-11(4-2)28-17-15(23)14(22)13(21)12(29-17)8-26-18-16(24)19(25,9-20)10-27-18/h4,11-18,20-25H,2-3,5-10H2,1H3/t11-,12+,13+,14-,15+,16-,17+,18+,19+/m0/s1. The van der Waals surface area contributed by atoms with E-state index in [2.05, 4.69) is 13.5 Å². The Morgan fingerprint density at radius 2 is 1.86 bits per heavy atom. The van der Waals surface area contributed by atoms with Crippen molar-refractivity contribution in [3.8, 4) is 0 Å². The van der Waals surface area contributed by atoms with Crippen molar-refractivity contribution >= 4 is 0 Å². The van der Waals surface area contributed by atoms with Crippen molar-refractivity contribution in [2.45, 2.75) is 87.4 Å². The van der Waals surface area contributed by atoms with Gasteiger partial charge in [0.05, 0.1) is 25.9 Å². The predicted octanol–water partition coefficient (Wildman–Crippen LogP) is -1.60. The molecule has 2 saturated heterocycles. The minimum atomic E-state index is -1.84. The van der Waals surface area contributed by atoms with E-state index in [0.717, 1.165) is 19.3 Å². The van der Waals surface area contributed by atoms with E-state index in [4.69, 9.17) is 24.1 Å². The van der Waals surface area contributed by atoms with Crippen molar-refractivity contribution in [3.05, 3.63) is 12.7 Å². The summed E-state index contributed by atoms with van der Waals surface area (Å²) in [7, 11) is 0. The Hall–Kier alpha value is -0.660. The first-order valence-electron chi connectivity index (χ1n) is 9.99. The van der Waals surface area contributed by atoms with Crippen LogP contribution in [0.2, 0.25) is 0 Å². The van der Waals surface area contributed by atoms with Gasteiger partial charge in [0.15, 0.2) is 12.6 Å². The monoisotopic (exact) mass is 422 g/mol. The Morgan fingerprint density at radius 1 is 1.14 bits per heavy atom. The van der Waals surface area contributed by atoms with Crippen LogP contribution < -0.4 is 0 Å². The van der Waals surface area contributed by atoms with Gasteiger partial charge in [0.25, 0.3) is 0 Å². The minimum absolute atomic E-state index is 0.317. The van der Waals surface area contributed by atoms with Gasteiger partial charge in [-0.2, -0.15) is 0 Å². The van der Waals surface area contributed by atoms with Crippen LogP contribution in [0.25, 0.3) is 0 Å². The van der Waals surface area contributed by atoms with Gasteiger partial charge >= 0.3 is 0 Å². The van der Waals surface area contributed by atoms with Gasteiger partial charge < -0.3 is 49.6 Å². The number of hydrogen-bond donors (Lipinski definition) is 6. The Labute approximate surface area is 170 Å². The van der Waals surface area contributed by atoms with Gasteiger partial charge in [-0.05, 0) is 6.42 Å². The fourth-order valence-corrected chi connectivity index (χ4v) is 3.30. The zero-order valence-corrected chi connectivity index (χ0v) is 16.7. The maximum Gasteiger partial charge on any atom is 0.187 e. The van der Waals surface area contributed by atoms with Gasteiger partial charge in [0.2, 0.25) is 0 Å². The molecule has 2 rings (SSSR count). The SMILES string of the molecule is C=C[C@@H](CCCCC)O[C@@H]1O[C@H](CO[C@@H]2OC[C@](O)(CO)[C@H]2O)[C@@H](O)[C@H](O)[C@H]1O. The molecule has 0 aromatic heterocycles. The van der Waals surface area contributed by atoms with E-state index in [1.807, 2.05) is 0 Å². The van der Waals surface area contributed by atoms with E-state index in [1.54, 1.807) is 6.08 Å². The van der Waals surface area contributed by atoms with Crippen LogP contribution in [0.3, 0.4) is 0 Å². The number of aliphatic hydroxyl groups is 6. The van der Waals surface area contributed by atoms with Crippen molar-refractivity contribution in [1.29, 1.82) is 0 Å². The number of rotatable bonds is 11. The van der Waals surface area contributed by atoms with Crippen LogP contribution >= 0.6 is 0 Å². The zero-order valence-electron chi connectivity index (χ0n) is 16.7. The van der Waals surface area contributed by atoms with Gasteiger partial charge in [0.1, 0.15) is 36.1 Å². The third-order valence-corrected chi connectivity index (χ3v) is 5.34. The molecule has 0 unspecified atom stereocenters. The van der Waals surface area contributed by atoms with Gasteiger partial charge in [-0.3, -0.25) is 0 Å². The fourth-order valence-electron chi connectivity index (χ4n) is 3.30. The van der Waals surface area contributed by atoms with E-state index < -0.39 is 61.4 Å². The highest BCUT2D eigenvalue weighted by atomic mass is 16.7. The second kappa shape index (κ2) is 11.1. The maximum atomic E-state index is 10.2. The van der Waals surface area contributed by atoms with E-state index in [1.165, 1.54) is 0 Å². The topological polar surface area (TPSA) is 158 Å². The van der Waals surface area contributed by atoms with Crippen LogP contribution in [0.5, 0.6) is 0 Å². The molecule has 2 aliphatic rings. The van der Waals surface area contributed by atoms with Crippen LogP contribution in [0.4, 0.5) is 0 Å². The maximum absolute atomic E-state index is 10.2. The number of ether oxygens (including phenoxy) is 4. The summed E-state index contributed by atoms with van der Waals surface area (Å²) in [4.78, 5) is 0. The largest absolute Gasteiger partial charge is 0.393 e. The summed E-state index contributed by atoms with van der Waals surface area (Å²) >= 11 is 0. The Morgan fingerprint density at radius 3 is 2.45 bits per heavy atom. The average molecular weight is 422 g/mol. The molecule has 0 amide bonds. The van der Waals surface area contributed by atoms with Gasteiger partial charge in [0, 0.05) is 0 Å². The van der Waals surface area contributed by atoms with Crippen molar-refractivity contribution in [1.82, 2.24) is 0 Å². The van der Waals surface area contributed by atoms with Crippen molar-refractivity contribution < 1.29 is 49.6 Å². The van der Waals surface area contributed by atoms with Gasteiger partial charge in [-0.25, -0.2) is 0 Å². The third kappa shape index (κ3) is 5.95. The first kappa shape index (κ1) is 24.6. The third-order valence-electron chi connectivity index (χ3n) is 5.34. The lowest BCUT2D eigenvalue weighted by Crippen LogP contribution is -2.60. The van der Waals surface area contributed by atoms with Crippen LogP contribution in [-0.4, -0.2) is 105 Å². The molecule has 170 valence electrons. The lowest BCUT2D eigenvalue weighted by atomic mass is 9.99. The summed E-state index contributed by atoms with van der Waals surface area (Å²) in [6, 6.07) is 0. The molecule has 2 aliphatic heterocycles. The lowest BCUT2D eigenvalue weighted by molar-refractivity contribution is -0.315. The highest BCUT2D eigenvalue weighted by Gasteiger charge is 2.50. The molecule has 0 aromatic rings. The summed E-state index contributed by atoms with van der Waals surface area (Å²) in [6.07, 6.45) is -4.70. The van der Waals surface area contributed by atoms with Crippen LogP contribution in [0, 0.1) is 0 Å². The van der Waals surface area contributed by atoms with Crippen molar-refractivity contribution in [3.63, 3.8) is 0 Å². The molecule has 10 nitrogen and oxygen atoms in total. The first-order chi connectivity index (χ1) is 13.8. The first-order valence-corrected chi connectivity index (χ1v) is 9.99. The second-order valence-electron chi connectivity index (χ2n) is 7.64. The van der Waals surface area contributed by atoms with Gasteiger partial charge in [-0.1, -0.05) is 32.3 Å². The highest BCUT2D eigenvalue weighted by molar-refractivity contribution is 4.95. The summed E-state index contributed by atoms with van der Waals surface area (Å²) in [5.74, 6) is 0. The molecule has 6 N–H and O–H groups in total. The van der Waals surface area contributed by atoms with Crippen LogP contribution in [0.15, 0.2) is 12.7 Å². The number of hydrogen-bond acceptors (Lipinski definition) is 10. The van der Waals surface area contributed by atoms with Crippen molar-refractivity contribution in [2.75, 3.05) is 19.8 Å². The molecule has 0 radical (unpaired) electrons. The molecular weight excluding hydrogens is 388 g/mol. The quantitative estimate of drug-likeness (QED) is 0.169. The molecule has 0 bridgehead atoms. The Kier molecular flexibility index (Phi) is 9.42. The molecule has 2 heterocycles. The highest BCUT2D eigenvalue weighted by Crippen LogP contribution is 2.28. The van der Waals surface area contributed by atoms with Crippen LogP contribution in [-0.2, 0) is 18.9 Å². The molecule has 9 atom stereocenters.